The van der Waals surface area contributed by atoms with Crippen molar-refractivity contribution in [1.29, 1.82) is 5.26 Å². The Morgan fingerprint density at radius 2 is 2.21 bits per heavy atom. The highest BCUT2D eigenvalue weighted by molar-refractivity contribution is 8.03. The third-order valence-corrected chi connectivity index (χ3v) is 5.47. The van der Waals surface area contributed by atoms with Crippen LogP contribution in [-0.4, -0.2) is 23.9 Å². The van der Waals surface area contributed by atoms with Crippen molar-refractivity contribution in [2.75, 3.05) is 13.7 Å². The molecule has 1 aromatic carbocycles. The Balaban J connectivity index is 1.92. The van der Waals surface area contributed by atoms with E-state index in [9.17, 15) is 5.26 Å². The maximum Gasteiger partial charge on any atom is 0.161 e. The molecule has 0 aliphatic carbocycles. The molecule has 1 aliphatic heterocycles. The van der Waals surface area contributed by atoms with Crippen molar-refractivity contribution in [2.24, 2.45) is 5.73 Å². The predicted octanol–water partition coefficient (Wildman–Crippen LogP) is 4.01. The minimum absolute atomic E-state index is 0.398. The van der Waals surface area contributed by atoms with E-state index in [1.165, 1.54) is 11.8 Å². The first-order valence-electron chi connectivity index (χ1n) is 8.68. The molecule has 3 aromatic rings. The van der Waals surface area contributed by atoms with Crippen LogP contribution in [0.25, 0.3) is 11.5 Å². The van der Waals surface area contributed by atoms with Crippen LogP contribution in [-0.2, 0) is 0 Å². The second-order valence-corrected chi connectivity index (χ2v) is 7.09. The number of ether oxygens (including phenoxy) is 2. The molecule has 3 heterocycles. The molecule has 0 spiro atoms. The van der Waals surface area contributed by atoms with Gasteiger partial charge in [-0.05, 0) is 48.5 Å². The minimum atomic E-state index is -0.398. The van der Waals surface area contributed by atoms with Crippen molar-refractivity contribution in [3.05, 3.63) is 58.3 Å². The monoisotopic (exact) mass is 394 g/mol. The molecule has 1 aliphatic rings. The van der Waals surface area contributed by atoms with E-state index in [1.807, 2.05) is 37.3 Å². The van der Waals surface area contributed by atoms with Gasteiger partial charge >= 0.3 is 0 Å². The topological polar surface area (TPSA) is 110 Å². The van der Waals surface area contributed by atoms with Crippen LogP contribution in [0.5, 0.6) is 11.5 Å². The average molecular weight is 394 g/mol. The molecule has 0 amide bonds. The van der Waals surface area contributed by atoms with Crippen LogP contribution < -0.4 is 15.2 Å². The number of nitrogens with zero attached hydrogens (tertiary/aromatic N) is 2. The number of aromatic nitrogens is 2. The predicted molar refractivity (Wildman–Crippen MR) is 105 cm³/mol. The highest BCUT2D eigenvalue weighted by atomic mass is 32.2. The first-order valence-corrected chi connectivity index (χ1v) is 9.50. The zero-order valence-corrected chi connectivity index (χ0v) is 16.2. The molecular weight excluding hydrogens is 376 g/mol. The van der Waals surface area contributed by atoms with Crippen LogP contribution in [0.4, 0.5) is 0 Å². The lowest BCUT2D eigenvalue weighted by atomic mass is 9.85. The second kappa shape index (κ2) is 7.37. The van der Waals surface area contributed by atoms with Crippen LogP contribution in [0.15, 0.2) is 56.6 Å². The summed E-state index contributed by atoms with van der Waals surface area (Å²) < 4.78 is 16.7. The van der Waals surface area contributed by atoms with Gasteiger partial charge in [-0.1, -0.05) is 6.07 Å². The molecule has 0 unspecified atom stereocenters. The van der Waals surface area contributed by atoms with Gasteiger partial charge < -0.3 is 19.6 Å². The Labute approximate surface area is 166 Å². The summed E-state index contributed by atoms with van der Waals surface area (Å²) >= 11 is 1.28. The van der Waals surface area contributed by atoms with Gasteiger partial charge in [0.15, 0.2) is 17.3 Å². The van der Waals surface area contributed by atoms with Crippen LogP contribution >= 0.6 is 11.8 Å². The zero-order chi connectivity index (χ0) is 19.7. The lowest BCUT2D eigenvalue weighted by Crippen LogP contribution is -2.14. The van der Waals surface area contributed by atoms with Crippen LogP contribution in [0.2, 0.25) is 0 Å². The van der Waals surface area contributed by atoms with E-state index < -0.39 is 5.92 Å². The molecule has 2 aromatic heterocycles. The third kappa shape index (κ3) is 2.90. The van der Waals surface area contributed by atoms with Crippen molar-refractivity contribution < 1.29 is 13.9 Å². The van der Waals surface area contributed by atoms with Gasteiger partial charge in [-0.25, -0.2) is 0 Å². The molecule has 8 heteroatoms. The zero-order valence-electron chi connectivity index (χ0n) is 15.4. The van der Waals surface area contributed by atoms with E-state index in [1.54, 1.807) is 13.4 Å². The summed E-state index contributed by atoms with van der Waals surface area (Å²) in [5.41, 5.74) is 9.12. The fraction of sp³-hybridized carbons (Fsp3) is 0.200. The number of hydrogen-bond acceptors (Lipinski definition) is 7. The van der Waals surface area contributed by atoms with Gasteiger partial charge in [0.05, 0.1) is 42.6 Å². The number of nitrogens with two attached hydrogens (primary N) is 1. The quantitative estimate of drug-likeness (QED) is 0.673. The van der Waals surface area contributed by atoms with E-state index in [-0.39, 0.29) is 0 Å². The first kappa shape index (κ1) is 18.1. The van der Waals surface area contributed by atoms with E-state index in [4.69, 9.17) is 19.6 Å². The summed E-state index contributed by atoms with van der Waals surface area (Å²) in [6.45, 7) is 2.41. The highest BCUT2D eigenvalue weighted by Crippen LogP contribution is 2.49. The van der Waals surface area contributed by atoms with Gasteiger partial charge in [-0.2, -0.15) is 10.4 Å². The summed E-state index contributed by atoms with van der Waals surface area (Å²) in [4.78, 5) is 0. The number of thioether (sulfide) groups is 1. The van der Waals surface area contributed by atoms with Crippen molar-refractivity contribution >= 4 is 11.8 Å². The smallest absolute Gasteiger partial charge is 0.161 e. The number of H-pyrrole nitrogens is 1. The number of allylic oxidation sites excluding steroid dienone is 1. The van der Waals surface area contributed by atoms with Gasteiger partial charge in [0, 0.05) is 5.56 Å². The van der Waals surface area contributed by atoms with E-state index in [0.717, 1.165) is 21.8 Å². The molecule has 0 radical (unpaired) electrons. The van der Waals surface area contributed by atoms with Crippen molar-refractivity contribution in [1.82, 2.24) is 10.2 Å². The van der Waals surface area contributed by atoms with Crippen LogP contribution in [0.1, 0.15) is 24.0 Å². The van der Waals surface area contributed by atoms with Gasteiger partial charge in [-0.15, -0.1) is 0 Å². The lowest BCUT2D eigenvalue weighted by Gasteiger charge is -2.24. The van der Waals surface area contributed by atoms with Crippen molar-refractivity contribution in [3.8, 4) is 29.0 Å². The first-order chi connectivity index (χ1) is 13.7. The number of aromatic amines is 1. The minimum Gasteiger partial charge on any atom is -0.493 e. The Morgan fingerprint density at radius 3 is 2.89 bits per heavy atom. The van der Waals surface area contributed by atoms with Gasteiger partial charge in [0.25, 0.3) is 0 Å². The fourth-order valence-electron chi connectivity index (χ4n) is 3.33. The number of fused-ring (bicyclic) bond motifs is 1. The molecule has 4 rings (SSSR count). The number of benzene rings is 1. The van der Waals surface area contributed by atoms with E-state index in [2.05, 4.69) is 16.3 Å². The Kier molecular flexibility index (Phi) is 4.75. The molecule has 0 fully saturated rings. The SMILES string of the molecule is CCOc1cc([C@@H]2C(C#N)=C(N)Sc3n[nH]c(-c4ccco4)c32)ccc1OC. The summed E-state index contributed by atoms with van der Waals surface area (Å²) in [5, 5.41) is 18.4. The fourth-order valence-corrected chi connectivity index (χ4v) is 4.23. The Morgan fingerprint density at radius 1 is 1.36 bits per heavy atom. The molecule has 1 atom stereocenters. The molecule has 7 nitrogen and oxygen atoms in total. The van der Waals surface area contributed by atoms with E-state index >= 15 is 0 Å². The second-order valence-electron chi connectivity index (χ2n) is 6.06. The maximum atomic E-state index is 9.84. The number of rotatable bonds is 5. The lowest BCUT2D eigenvalue weighted by molar-refractivity contribution is 0.310. The number of nitriles is 1. The third-order valence-electron chi connectivity index (χ3n) is 4.53. The summed E-state index contributed by atoms with van der Waals surface area (Å²) in [6, 6.07) is 11.6. The highest BCUT2D eigenvalue weighted by Gasteiger charge is 2.35. The largest absolute Gasteiger partial charge is 0.493 e. The standard InChI is InChI=1S/C20H18N4O3S/c1-3-26-15-9-11(6-7-13(15)25-2)16-12(10-21)19(22)28-20-17(16)18(23-24-20)14-5-4-8-27-14/h4-9,16H,3,22H2,1-2H3,(H,23,24)/t16-/m1/s1. The summed E-state index contributed by atoms with van der Waals surface area (Å²) in [6.07, 6.45) is 1.60. The number of hydrogen-bond donors (Lipinski definition) is 2. The Bertz CT molecular complexity index is 1080. The summed E-state index contributed by atoms with van der Waals surface area (Å²) in [7, 11) is 1.59. The van der Waals surface area contributed by atoms with E-state index in [0.29, 0.717) is 34.5 Å². The number of furan rings is 1. The van der Waals surface area contributed by atoms with Gasteiger partial charge in [-0.3, -0.25) is 5.10 Å². The normalized spacial score (nSPS) is 15.8. The molecule has 0 saturated carbocycles. The Hall–Kier alpha value is -3.31. The van der Waals surface area contributed by atoms with Crippen molar-refractivity contribution in [2.45, 2.75) is 17.9 Å². The average Bonchev–Trinajstić information content (AvgIpc) is 3.36. The molecule has 0 bridgehead atoms. The molecular formula is C20H18N4O3S. The molecule has 142 valence electrons. The van der Waals surface area contributed by atoms with Gasteiger partial charge in [0.1, 0.15) is 10.7 Å². The molecule has 0 saturated heterocycles. The molecule has 28 heavy (non-hydrogen) atoms. The van der Waals surface area contributed by atoms with Crippen LogP contribution in [0.3, 0.4) is 0 Å². The number of methoxy groups -OCH3 is 1. The molecule has 3 N–H and O–H groups in total. The summed E-state index contributed by atoms with van der Waals surface area (Å²) in [5.74, 6) is 1.49. The van der Waals surface area contributed by atoms with Gasteiger partial charge in [0.2, 0.25) is 0 Å². The van der Waals surface area contributed by atoms with Crippen LogP contribution in [0, 0.1) is 11.3 Å². The van der Waals surface area contributed by atoms with Crippen molar-refractivity contribution in [3.63, 3.8) is 0 Å². The number of nitrogens with one attached hydrogen (secondary N) is 1. The maximum absolute atomic E-state index is 9.84.